The summed E-state index contributed by atoms with van der Waals surface area (Å²) in [4.78, 5) is 24.6. The zero-order chi connectivity index (χ0) is 19.1. The minimum Gasteiger partial charge on any atom is -0.469 e. The molecule has 0 radical (unpaired) electrons. The summed E-state index contributed by atoms with van der Waals surface area (Å²) >= 11 is 0. The van der Waals surface area contributed by atoms with Gasteiger partial charge in [0.15, 0.2) is 5.78 Å². The Labute approximate surface area is 160 Å². The molecule has 0 aromatic heterocycles. The molecular formula is C23H22O3P+. The van der Waals surface area contributed by atoms with Gasteiger partial charge in [0.25, 0.3) is 0 Å². The molecule has 0 saturated carbocycles. The summed E-state index contributed by atoms with van der Waals surface area (Å²) in [7, 11) is -0.924. The lowest BCUT2D eigenvalue weighted by atomic mass is 10.3. The first-order valence-corrected chi connectivity index (χ1v) is 10.8. The molecule has 3 nitrogen and oxygen atoms in total. The zero-order valence-corrected chi connectivity index (χ0v) is 16.1. The first-order valence-electron chi connectivity index (χ1n) is 8.80. The number of carbonyl (C=O) groups is 2. The number of rotatable bonds is 7. The van der Waals surface area contributed by atoms with Crippen molar-refractivity contribution in [2.45, 2.75) is 6.42 Å². The largest absolute Gasteiger partial charge is 0.469 e. The molecule has 0 fully saturated rings. The fourth-order valence-corrected chi connectivity index (χ4v) is 7.45. The molecule has 0 saturated heterocycles. The van der Waals surface area contributed by atoms with E-state index in [9.17, 15) is 9.59 Å². The van der Waals surface area contributed by atoms with Gasteiger partial charge in [-0.15, -0.1) is 0 Å². The average Bonchev–Trinajstić information content (AvgIpc) is 2.74. The van der Waals surface area contributed by atoms with Crippen molar-refractivity contribution in [3.63, 3.8) is 0 Å². The van der Waals surface area contributed by atoms with Crippen LogP contribution >= 0.6 is 7.26 Å². The highest BCUT2D eigenvalue weighted by atomic mass is 31.2. The maximum absolute atomic E-state index is 12.9. The van der Waals surface area contributed by atoms with Crippen molar-refractivity contribution in [2.24, 2.45) is 0 Å². The van der Waals surface area contributed by atoms with E-state index in [0.717, 1.165) is 15.9 Å². The molecule has 4 heteroatoms. The maximum Gasteiger partial charge on any atom is 0.313 e. The molecule has 0 atom stereocenters. The van der Waals surface area contributed by atoms with Gasteiger partial charge in [0.2, 0.25) is 0 Å². The van der Waals surface area contributed by atoms with Gasteiger partial charge in [-0.05, 0) is 36.4 Å². The van der Waals surface area contributed by atoms with Crippen molar-refractivity contribution >= 4 is 34.9 Å². The van der Waals surface area contributed by atoms with Gasteiger partial charge in [-0.2, -0.15) is 0 Å². The molecule has 0 aliphatic heterocycles. The average molecular weight is 377 g/mol. The van der Waals surface area contributed by atoms with Crippen molar-refractivity contribution in [1.82, 2.24) is 0 Å². The first kappa shape index (κ1) is 19.0. The lowest BCUT2D eigenvalue weighted by molar-refractivity contribution is -0.142. The predicted molar refractivity (Wildman–Crippen MR) is 112 cm³/mol. The Hall–Kier alpha value is -2.77. The topological polar surface area (TPSA) is 43.4 Å². The zero-order valence-electron chi connectivity index (χ0n) is 15.2. The number of hydrogen-bond donors (Lipinski definition) is 0. The molecule has 0 heterocycles. The van der Waals surface area contributed by atoms with Crippen LogP contribution in [0, 0.1) is 0 Å². The molecule has 3 aromatic carbocycles. The predicted octanol–water partition coefficient (Wildman–Crippen LogP) is 3.11. The normalized spacial score (nSPS) is 11.0. The second kappa shape index (κ2) is 8.75. The van der Waals surface area contributed by atoms with Gasteiger partial charge < -0.3 is 4.74 Å². The number of methoxy groups -OCH3 is 1. The van der Waals surface area contributed by atoms with Gasteiger partial charge in [0.05, 0.1) is 7.11 Å². The molecule has 0 amide bonds. The molecule has 27 heavy (non-hydrogen) atoms. The van der Waals surface area contributed by atoms with Crippen LogP contribution in [0.5, 0.6) is 0 Å². The van der Waals surface area contributed by atoms with E-state index in [1.807, 2.05) is 54.6 Å². The second-order valence-corrected chi connectivity index (χ2v) is 9.75. The third-order valence-electron chi connectivity index (χ3n) is 4.57. The van der Waals surface area contributed by atoms with Crippen molar-refractivity contribution in [2.75, 3.05) is 13.3 Å². The van der Waals surface area contributed by atoms with Crippen LogP contribution in [0.4, 0.5) is 0 Å². The number of carbonyl (C=O) groups excluding carboxylic acids is 2. The Bertz CT molecular complexity index is 796. The molecule has 0 N–H and O–H groups in total. The SMILES string of the molecule is COC(=O)CC(=O)C[P+](c1ccccc1)(c1ccccc1)c1ccccc1. The Morgan fingerprint density at radius 3 is 1.41 bits per heavy atom. The van der Waals surface area contributed by atoms with E-state index < -0.39 is 13.2 Å². The molecule has 0 bridgehead atoms. The minimum absolute atomic E-state index is 0.105. The summed E-state index contributed by atoms with van der Waals surface area (Å²) < 4.78 is 4.71. The molecule has 0 spiro atoms. The van der Waals surface area contributed by atoms with Crippen LogP contribution in [0.25, 0.3) is 0 Å². The first-order chi connectivity index (χ1) is 13.2. The second-order valence-electron chi connectivity index (χ2n) is 6.27. The van der Waals surface area contributed by atoms with Crippen molar-refractivity contribution in [3.05, 3.63) is 91.0 Å². The van der Waals surface area contributed by atoms with Crippen LogP contribution < -0.4 is 15.9 Å². The summed E-state index contributed by atoms with van der Waals surface area (Å²) in [6.07, 6.45) is 0.0882. The van der Waals surface area contributed by atoms with Crippen LogP contribution in [0.2, 0.25) is 0 Å². The molecule has 3 rings (SSSR count). The fourth-order valence-electron chi connectivity index (χ4n) is 3.32. The monoisotopic (exact) mass is 377 g/mol. The van der Waals surface area contributed by atoms with Gasteiger partial charge in [-0.1, -0.05) is 54.6 Å². The van der Waals surface area contributed by atoms with Crippen LogP contribution in [-0.2, 0) is 14.3 Å². The van der Waals surface area contributed by atoms with Crippen molar-refractivity contribution in [3.8, 4) is 0 Å². The van der Waals surface area contributed by atoms with Gasteiger partial charge in [-0.3, -0.25) is 9.59 Å². The number of benzene rings is 3. The molecule has 0 aliphatic rings. The molecular weight excluding hydrogens is 355 g/mol. The Morgan fingerprint density at radius 2 is 1.07 bits per heavy atom. The number of Topliss-reactive ketones (excluding diaryl/α,β-unsaturated/α-hetero) is 1. The van der Waals surface area contributed by atoms with E-state index in [4.69, 9.17) is 4.74 Å². The third-order valence-corrected chi connectivity index (χ3v) is 8.94. The number of ketones is 1. The van der Waals surface area contributed by atoms with Crippen LogP contribution in [-0.4, -0.2) is 25.0 Å². The molecule has 0 unspecified atom stereocenters. The van der Waals surface area contributed by atoms with E-state index in [2.05, 4.69) is 36.4 Å². The maximum atomic E-state index is 12.9. The van der Waals surface area contributed by atoms with Gasteiger partial charge in [0, 0.05) is 0 Å². The van der Waals surface area contributed by atoms with E-state index in [1.165, 1.54) is 7.11 Å². The number of ether oxygens (including phenoxy) is 1. The highest BCUT2D eigenvalue weighted by molar-refractivity contribution is 7.96. The van der Waals surface area contributed by atoms with E-state index in [0.29, 0.717) is 6.16 Å². The fraction of sp³-hybridized carbons (Fsp3) is 0.130. The molecule has 0 aliphatic carbocycles. The summed E-state index contributed by atoms with van der Waals surface area (Å²) in [5.74, 6) is -0.598. The quantitative estimate of drug-likeness (QED) is 0.361. The number of esters is 1. The lowest BCUT2D eigenvalue weighted by Gasteiger charge is -2.27. The summed E-state index contributed by atoms with van der Waals surface area (Å²) in [6.45, 7) is 0. The molecule has 136 valence electrons. The lowest BCUT2D eigenvalue weighted by Crippen LogP contribution is -2.36. The van der Waals surface area contributed by atoms with Gasteiger partial charge in [0.1, 0.15) is 35.8 Å². The van der Waals surface area contributed by atoms with E-state index in [1.54, 1.807) is 0 Å². The van der Waals surface area contributed by atoms with Crippen molar-refractivity contribution in [1.29, 1.82) is 0 Å². The van der Waals surface area contributed by atoms with Crippen LogP contribution in [0.15, 0.2) is 91.0 Å². The highest BCUT2D eigenvalue weighted by Gasteiger charge is 2.47. The van der Waals surface area contributed by atoms with Crippen LogP contribution in [0.1, 0.15) is 6.42 Å². The van der Waals surface area contributed by atoms with Gasteiger partial charge >= 0.3 is 5.97 Å². The third kappa shape index (κ3) is 4.15. The van der Waals surface area contributed by atoms with Crippen LogP contribution in [0.3, 0.4) is 0 Å². The highest BCUT2D eigenvalue weighted by Crippen LogP contribution is 2.55. The standard InChI is InChI=1S/C23H22O3P/c1-26-23(25)17-19(24)18-27(20-11-5-2-6-12-20,21-13-7-3-8-14-21)22-15-9-4-10-16-22/h2-16H,17-18H2,1H3/q+1. The Morgan fingerprint density at radius 1 is 0.704 bits per heavy atom. The van der Waals surface area contributed by atoms with Crippen molar-refractivity contribution < 1.29 is 14.3 Å². The Kier molecular flexibility index (Phi) is 6.16. The van der Waals surface area contributed by atoms with E-state index >= 15 is 0 Å². The number of hydrogen-bond acceptors (Lipinski definition) is 3. The molecule has 3 aromatic rings. The smallest absolute Gasteiger partial charge is 0.313 e. The summed E-state index contributed by atoms with van der Waals surface area (Å²) in [5, 5.41) is 3.38. The Balaban J connectivity index is 2.20. The van der Waals surface area contributed by atoms with E-state index in [-0.39, 0.29) is 12.2 Å². The van der Waals surface area contributed by atoms with Gasteiger partial charge in [-0.25, -0.2) is 0 Å². The summed E-state index contributed by atoms with van der Waals surface area (Å²) in [5.41, 5.74) is 0. The minimum atomic E-state index is -2.23. The summed E-state index contributed by atoms with van der Waals surface area (Å²) in [6, 6.07) is 30.4.